The van der Waals surface area contributed by atoms with Crippen LogP contribution in [0.3, 0.4) is 0 Å². The van der Waals surface area contributed by atoms with Gasteiger partial charge >= 0.3 is 0 Å². The van der Waals surface area contributed by atoms with E-state index in [2.05, 4.69) is 20.2 Å². The quantitative estimate of drug-likeness (QED) is 0.864. The van der Waals surface area contributed by atoms with E-state index in [0.717, 1.165) is 31.1 Å². The Morgan fingerprint density at radius 1 is 1.14 bits per heavy atom. The molecule has 0 aliphatic carbocycles. The van der Waals surface area contributed by atoms with Crippen molar-refractivity contribution in [3.63, 3.8) is 0 Å². The van der Waals surface area contributed by atoms with Crippen molar-refractivity contribution in [1.82, 2.24) is 14.9 Å². The number of anilines is 2. The molecule has 1 saturated heterocycles. The number of benzene rings is 1. The number of piperazine rings is 1. The normalized spacial score (nSPS) is 16.1. The van der Waals surface area contributed by atoms with Crippen LogP contribution in [-0.2, 0) is 0 Å². The fourth-order valence-electron chi connectivity index (χ4n) is 3.50. The minimum atomic E-state index is -0.0193. The van der Waals surface area contributed by atoms with Crippen LogP contribution in [0.15, 0.2) is 24.3 Å². The minimum Gasteiger partial charge on any atom is -0.486 e. The Bertz CT molecular complexity index is 865. The summed E-state index contributed by atoms with van der Waals surface area (Å²) in [5.41, 5.74) is 1.49. The largest absolute Gasteiger partial charge is 0.486 e. The first-order valence-corrected chi connectivity index (χ1v) is 9.68. The zero-order chi connectivity index (χ0) is 19.5. The van der Waals surface area contributed by atoms with Crippen molar-refractivity contribution in [3.8, 4) is 11.5 Å². The molecule has 8 nitrogen and oxygen atoms in total. The average molecular weight is 383 g/mol. The van der Waals surface area contributed by atoms with Gasteiger partial charge in [-0.05, 0) is 26.0 Å². The molecule has 4 rings (SSSR count). The lowest BCUT2D eigenvalue weighted by Gasteiger charge is -2.36. The molecule has 3 heterocycles. The molecule has 0 atom stereocenters. The van der Waals surface area contributed by atoms with Gasteiger partial charge in [-0.15, -0.1) is 0 Å². The SMILES string of the molecule is CCNc1nc(C)cc(N2CCN(C(=O)c3cccc4c3OCCO4)CC2)n1. The summed E-state index contributed by atoms with van der Waals surface area (Å²) in [6, 6.07) is 7.46. The lowest BCUT2D eigenvalue weighted by atomic mass is 10.1. The Morgan fingerprint density at radius 2 is 1.93 bits per heavy atom. The number of hydrogen-bond donors (Lipinski definition) is 1. The Kier molecular flexibility index (Phi) is 5.18. The molecule has 148 valence electrons. The van der Waals surface area contributed by atoms with Crippen LogP contribution in [-0.4, -0.2) is 66.7 Å². The van der Waals surface area contributed by atoms with Gasteiger partial charge in [-0.3, -0.25) is 4.79 Å². The monoisotopic (exact) mass is 383 g/mol. The van der Waals surface area contributed by atoms with Gasteiger partial charge in [-0.25, -0.2) is 4.98 Å². The van der Waals surface area contributed by atoms with E-state index in [1.807, 2.05) is 36.9 Å². The number of nitrogens with one attached hydrogen (secondary N) is 1. The van der Waals surface area contributed by atoms with Crippen molar-refractivity contribution in [3.05, 3.63) is 35.5 Å². The summed E-state index contributed by atoms with van der Waals surface area (Å²) in [6.07, 6.45) is 0. The van der Waals surface area contributed by atoms with Crippen LogP contribution in [0.25, 0.3) is 0 Å². The molecule has 1 N–H and O–H groups in total. The highest BCUT2D eigenvalue weighted by Crippen LogP contribution is 2.34. The van der Waals surface area contributed by atoms with Crippen molar-refractivity contribution in [1.29, 1.82) is 0 Å². The second kappa shape index (κ2) is 7.92. The zero-order valence-electron chi connectivity index (χ0n) is 16.3. The third-order valence-electron chi connectivity index (χ3n) is 4.86. The highest BCUT2D eigenvalue weighted by Gasteiger charge is 2.27. The predicted octanol–water partition coefficient (Wildman–Crippen LogP) is 1.95. The molecule has 0 radical (unpaired) electrons. The van der Waals surface area contributed by atoms with E-state index in [0.29, 0.717) is 49.3 Å². The van der Waals surface area contributed by atoms with Crippen LogP contribution in [0.1, 0.15) is 23.0 Å². The maximum Gasteiger partial charge on any atom is 0.257 e. The van der Waals surface area contributed by atoms with Crippen LogP contribution >= 0.6 is 0 Å². The van der Waals surface area contributed by atoms with E-state index in [1.54, 1.807) is 6.07 Å². The number of aryl methyl sites for hydroxylation is 1. The van der Waals surface area contributed by atoms with E-state index < -0.39 is 0 Å². The summed E-state index contributed by atoms with van der Waals surface area (Å²) >= 11 is 0. The van der Waals surface area contributed by atoms with Crippen LogP contribution in [0.4, 0.5) is 11.8 Å². The molecule has 0 bridgehead atoms. The fourth-order valence-corrected chi connectivity index (χ4v) is 3.50. The van der Waals surface area contributed by atoms with E-state index in [9.17, 15) is 4.79 Å². The van der Waals surface area contributed by atoms with Gasteiger partial charge in [0.15, 0.2) is 11.5 Å². The van der Waals surface area contributed by atoms with Crippen LogP contribution in [0.5, 0.6) is 11.5 Å². The number of para-hydroxylation sites is 1. The third-order valence-corrected chi connectivity index (χ3v) is 4.86. The second-order valence-corrected chi connectivity index (χ2v) is 6.83. The standard InChI is InChI=1S/C20H25N5O3/c1-3-21-20-22-14(2)13-17(23-20)24-7-9-25(10-8-24)19(26)15-5-4-6-16-18(15)28-12-11-27-16/h4-6,13H,3,7-12H2,1-2H3,(H,21,22,23). The van der Waals surface area contributed by atoms with Crippen molar-refractivity contribution >= 4 is 17.7 Å². The molecular formula is C20H25N5O3. The van der Waals surface area contributed by atoms with Crippen LogP contribution in [0.2, 0.25) is 0 Å². The summed E-state index contributed by atoms with van der Waals surface area (Å²) < 4.78 is 11.3. The Morgan fingerprint density at radius 3 is 2.71 bits per heavy atom. The van der Waals surface area contributed by atoms with Gasteiger partial charge in [0, 0.05) is 44.5 Å². The van der Waals surface area contributed by atoms with Crippen molar-refractivity contribution in [2.75, 3.05) is 56.2 Å². The van der Waals surface area contributed by atoms with Gasteiger partial charge in [-0.1, -0.05) is 6.07 Å². The molecule has 1 aromatic carbocycles. The van der Waals surface area contributed by atoms with Crippen molar-refractivity contribution < 1.29 is 14.3 Å². The van der Waals surface area contributed by atoms with Crippen LogP contribution < -0.4 is 19.7 Å². The van der Waals surface area contributed by atoms with E-state index in [-0.39, 0.29) is 5.91 Å². The van der Waals surface area contributed by atoms with Crippen molar-refractivity contribution in [2.24, 2.45) is 0 Å². The molecule has 0 unspecified atom stereocenters. The maximum absolute atomic E-state index is 13.0. The number of nitrogens with zero attached hydrogens (tertiary/aromatic N) is 4. The lowest BCUT2D eigenvalue weighted by Crippen LogP contribution is -2.49. The molecule has 0 saturated carbocycles. The van der Waals surface area contributed by atoms with E-state index in [4.69, 9.17) is 9.47 Å². The number of rotatable bonds is 4. The van der Waals surface area contributed by atoms with Gasteiger partial charge in [0.05, 0.1) is 5.56 Å². The number of fused-ring (bicyclic) bond motifs is 1. The number of carbonyl (C=O) groups is 1. The molecule has 8 heteroatoms. The lowest BCUT2D eigenvalue weighted by molar-refractivity contribution is 0.0736. The Labute approximate surface area is 164 Å². The number of hydrogen-bond acceptors (Lipinski definition) is 7. The first-order chi connectivity index (χ1) is 13.7. The topological polar surface area (TPSA) is 79.8 Å². The molecule has 0 spiro atoms. The number of carbonyl (C=O) groups excluding carboxylic acids is 1. The first kappa shape index (κ1) is 18.3. The molecule has 1 amide bonds. The Hall–Kier alpha value is -3.03. The highest BCUT2D eigenvalue weighted by atomic mass is 16.6. The molecule has 28 heavy (non-hydrogen) atoms. The molecular weight excluding hydrogens is 358 g/mol. The molecule has 1 fully saturated rings. The van der Waals surface area contributed by atoms with Crippen molar-refractivity contribution in [2.45, 2.75) is 13.8 Å². The summed E-state index contributed by atoms with van der Waals surface area (Å²) in [5.74, 6) is 2.72. The van der Waals surface area contributed by atoms with E-state index in [1.165, 1.54) is 0 Å². The average Bonchev–Trinajstić information content (AvgIpc) is 2.73. The summed E-state index contributed by atoms with van der Waals surface area (Å²) in [5, 5.41) is 3.17. The Balaban J connectivity index is 1.45. The van der Waals surface area contributed by atoms with Gasteiger partial charge in [-0.2, -0.15) is 4.98 Å². The molecule has 2 aliphatic heterocycles. The summed E-state index contributed by atoms with van der Waals surface area (Å²) in [6.45, 7) is 8.44. The maximum atomic E-state index is 13.0. The number of ether oxygens (including phenoxy) is 2. The van der Waals surface area contributed by atoms with E-state index >= 15 is 0 Å². The zero-order valence-corrected chi connectivity index (χ0v) is 16.3. The summed E-state index contributed by atoms with van der Waals surface area (Å²) in [4.78, 5) is 26.1. The third kappa shape index (κ3) is 3.67. The number of aromatic nitrogens is 2. The van der Waals surface area contributed by atoms with Gasteiger partial charge < -0.3 is 24.6 Å². The first-order valence-electron chi connectivity index (χ1n) is 9.68. The highest BCUT2D eigenvalue weighted by molar-refractivity contribution is 5.98. The van der Waals surface area contributed by atoms with Gasteiger partial charge in [0.2, 0.25) is 5.95 Å². The number of amides is 1. The van der Waals surface area contributed by atoms with Crippen LogP contribution in [0, 0.1) is 6.92 Å². The molecule has 1 aromatic heterocycles. The van der Waals surface area contributed by atoms with Gasteiger partial charge in [0.25, 0.3) is 5.91 Å². The summed E-state index contributed by atoms with van der Waals surface area (Å²) in [7, 11) is 0. The van der Waals surface area contributed by atoms with Gasteiger partial charge in [0.1, 0.15) is 19.0 Å². The molecule has 2 aliphatic rings. The second-order valence-electron chi connectivity index (χ2n) is 6.83. The minimum absolute atomic E-state index is 0.0193. The fraction of sp³-hybridized carbons (Fsp3) is 0.450. The molecule has 2 aromatic rings. The predicted molar refractivity (Wildman–Crippen MR) is 106 cm³/mol. The smallest absolute Gasteiger partial charge is 0.257 e.